The standard InChI is InChI=1S/C21H27ClN2O4S/c1-8-24-21(28-29(26,27)13(4)5)17(11-23-24)20(25)16-9-10-18(22)19(15(16)7)14(6)12(2)3/h9-11,13H,8H2,1-7H3. The van der Waals surface area contributed by atoms with Crippen molar-refractivity contribution in [3.8, 4) is 5.88 Å². The molecule has 0 amide bonds. The number of benzene rings is 1. The van der Waals surface area contributed by atoms with Gasteiger partial charge in [0.15, 0.2) is 5.78 Å². The molecule has 2 rings (SSSR count). The quantitative estimate of drug-likeness (QED) is 0.447. The number of carbonyl (C=O) groups is 1. The van der Waals surface area contributed by atoms with Gasteiger partial charge in [-0.1, -0.05) is 17.2 Å². The minimum atomic E-state index is -3.88. The molecule has 158 valence electrons. The van der Waals surface area contributed by atoms with Crippen LogP contribution in [0.25, 0.3) is 5.57 Å². The van der Waals surface area contributed by atoms with Crippen LogP contribution < -0.4 is 4.18 Å². The molecule has 0 saturated carbocycles. The molecule has 0 aliphatic rings. The van der Waals surface area contributed by atoms with Crippen molar-refractivity contribution in [3.63, 3.8) is 0 Å². The van der Waals surface area contributed by atoms with Crippen LogP contribution in [0.15, 0.2) is 23.9 Å². The predicted octanol–water partition coefficient (Wildman–Crippen LogP) is 5.03. The molecule has 0 bridgehead atoms. The summed E-state index contributed by atoms with van der Waals surface area (Å²) < 4.78 is 31.3. The Hall–Kier alpha value is -2.12. The first-order chi connectivity index (χ1) is 13.4. The Labute approximate surface area is 177 Å². The number of aryl methyl sites for hydroxylation is 1. The molecule has 0 fully saturated rings. The van der Waals surface area contributed by atoms with E-state index in [2.05, 4.69) is 5.10 Å². The van der Waals surface area contributed by atoms with Crippen molar-refractivity contribution in [1.82, 2.24) is 9.78 Å². The van der Waals surface area contributed by atoms with Gasteiger partial charge in [-0.3, -0.25) is 4.79 Å². The highest BCUT2D eigenvalue weighted by atomic mass is 35.5. The Morgan fingerprint density at radius 1 is 1.21 bits per heavy atom. The number of ketones is 1. The molecule has 1 aromatic heterocycles. The van der Waals surface area contributed by atoms with E-state index < -0.39 is 15.4 Å². The van der Waals surface area contributed by atoms with Gasteiger partial charge in [-0.05, 0) is 77.3 Å². The number of nitrogens with zero attached hydrogens (tertiary/aromatic N) is 2. The van der Waals surface area contributed by atoms with E-state index in [0.29, 0.717) is 17.1 Å². The lowest BCUT2D eigenvalue weighted by Gasteiger charge is -2.15. The van der Waals surface area contributed by atoms with Crippen LogP contribution in [0.2, 0.25) is 5.02 Å². The topological polar surface area (TPSA) is 78.3 Å². The average molecular weight is 439 g/mol. The molecule has 2 aromatic rings. The van der Waals surface area contributed by atoms with Gasteiger partial charge in [0, 0.05) is 17.1 Å². The van der Waals surface area contributed by atoms with Crippen molar-refractivity contribution >= 4 is 33.1 Å². The van der Waals surface area contributed by atoms with Crippen LogP contribution in [-0.4, -0.2) is 29.2 Å². The number of hydrogen-bond acceptors (Lipinski definition) is 5. The average Bonchev–Trinajstić information content (AvgIpc) is 3.02. The van der Waals surface area contributed by atoms with E-state index in [1.165, 1.54) is 24.7 Å². The van der Waals surface area contributed by atoms with Gasteiger partial charge in [0.05, 0.1) is 11.4 Å². The lowest BCUT2D eigenvalue weighted by atomic mass is 9.92. The van der Waals surface area contributed by atoms with Crippen molar-refractivity contribution in [2.75, 3.05) is 0 Å². The molecule has 1 aromatic carbocycles. The van der Waals surface area contributed by atoms with Gasteiger partial charge in [-0.15, -0.1) is 0 Å². The summed E-state index contributed by atoms with van der Waals surface area (Å²) in [5.41, 5.74) is 4.13. The van der Waals surface area contributed by atoms with Crippen molar-refractivity contribution in [2.45, 2.75) is 60.3 Å². The van der Waals surface area contributed by atoms with E-state index in [1.54, 1.807) is 19.1 Å². The highest BCUT2D eigenvalue weighted by molar-refractivity contribution is 7.87. The molecule has 0 atom stereocenters. The number of hydrogen-bond donors (Lipinski definition) is 0. The Balaban J connectivity index is 2.65. The fourth-order valence-electron chi connectivity index (χ4n) is 2.83. The van der Waals surface area contributed by atoms with Crippen molar-refractivity contribution < 1.29 is 17.4 Å². The summed E-state index contributed by atoms with van der Waals surface area (Å²) in [5, 5.41) is 3.93. The fourth-order valence-corrected chi connectivity index (χ4v) is 3.76. The summed E-state index contributed by atoms with van der Waals surface area (Å²) in [4.78, 5) is 13.3. The van der Waals surface area contributed by atoms with Crippen molar-refractivity contribution in [3.05, 3.63) is 51.2 Å². The largest absolute Gasteiger partial charge is 0.361 e. The highest BCUT2D eigenvalue weighted by Gasteiger charge is 2.28. The summed E-state index contributed by atoms with van der Waals surface area (Å²) in [5.74, 6) is -0.434. The zero-order chi connectivity index (χ0) is 22.1. The van der Waals surface area contributed by atoms with Gasteiger partial charge in [-0.25, -0.2) is 4.68 Å². The van der Waals surface area contributed by atoms with Crippen LogP contribution >= 0.6 is 11.6 Å². The maximum atomic E-state index is 13.3. The first kappa shape index (κ1) is 23.2. The molecule has 1 heterocycles. The maximum absolute atomic E-state index is 13.3. The minimum Gasteiger partial charge on any atom is -0.361 e. The summed E-state index contributed by atoms with van der Waals surface area (Å²) >= 11 is 6.40. The van der Waals surface area contributed by atoms with Gasteiger partial charge in [-0.2, -0.15) is 13.5 Å². The number of allylic oxidation sites excluding steroid dienone is 2. The highest BCUT2D eigenvalue weighted by Crippen LogP contribution is 2.33. The predicted molar refractivity (Wildman–Crippen MR) is 116 cm³/mol. The van der Waals surface area contributed by atoms with Gasteiger partial charge in [0.25, 0.3) is 0 Å². The zero-order valence-electron chi connectivity index (χ0n) is 17.8. The minimum absolute atomic E-state index is 0.0685. The SMILES string of the molecule is CCn1ncc(C(=O)c2ccc(Cl)c(C(C)=C(C)C)c2C)c1OS(=O)(=O)C(C)C. The summed E-state index contributed by atoms with van der Waals surface area (Å²) in [6.07, 6.45) is 1.35. The zero-order valence-corrected chi connectivity index (χ0v) is 19.4. The molecule has 0 aliphatic heterocycles. The first-order valence-electron chi connectivity index (χ1n) is 9.39. The monoisotopic (exact) mass is 438 g/mol. The smallest absolute Gasteiger partial charge is 0.313 e. The summed E-state index contributed by atoms with van der Waals surface area (Å²) in [7, 11) is -3.88. The summed E-state index contributed by atoms with van der Waals surface area (Å²) in [6.45, 7) is 12.9. The molecule has 0 saturated heterocycles. The second-order valence-corrected chi connectivity index (χ2v) is 9.86. The van der Waals surface area contributed by atoms with Crippen LogP contribution in [0, 0.1) is 6.92 Å². The van der Waals surface area contributed by atoms with Crippen molar-refractivity contribution in [1.29, 1.82) is 0 Å². The van der Waals surface area contributed by atoms with Gasteiger partial charge in [0.1, 0.15) is 5.56 Å². The molecule has 6 nitrogen and oxygen atoms in total. The van der Waals surface area contributed by atoms with Gasteiger partial charge >= 0.3 is 10.1 Å². The number of rotatable bonds is 7. The number of halogens is 1. The van der Waals surface area contributed by atoms with E-state index in [-0.39, 0.29) is 17.2 Å². The summed E-state index contributed by atoms with van der Waals surface area (Å²) in [6, 6.07) is 3.32. The van der Waals surface area contributed by atoms with Crippen LogP contribution in [0.1, 0.15) is 68.6 Å². The van der Waals surface area contributed by atoms with E-state index in [4.69, 9.17) is 15.8 Å². The van der Waals surface area contributed by atoms with Crippen LogP contribution in [0.3, 0.4) is 0 Å². The Bertz CT molecular complexity index is 1080. The molecule has 0 unspecified atom stereocenters. The number of carbonyl (C=O) groups excluding carboxylic acids is 1. The second kappa shape index (κ2) is 8.71. The van der Waals surface area contributed by atoms with Crippen LogP contribution in [0.4, 0.5) is 0 Å². The third-order valence-electron chi connectivity index (χ3n) is 4.89. The molecule has 0 aliphatic carbocycles. The Kier molecular flexibility index (Phi) is 6.96. The van der Waals surface area contributed by atoms with Gasteiger partial charge < -0.3 is 4.18 Å². The molecule has 29 heavy (non-hydrogen) atoms. The lowest BCUT2D eigenvalue weighted by molar-refractivity contribution is 0.103. The van der Waals surface area contributed by atoms with Crippen LogP contribution in [0.5, 0.6) is 5.88 Å². The molecular weight excluding hydrogens is 412 g/mol. The molecule has 0 N–H and O–H groups in total. The lowest BCUT2D eigenvalue weighted by Crippen LogP contribution is -2.22. The molecule has 0 radical (unpaired) electrons. The van der Waals surface area contributed by atoms with Crippen LogP contribution in [-0.2, 0) is 16.7 Å². The van der Waals surface area contributed by atoms with Gasteiger partial charge in [0.2, 0.25) is 5.88 Å². The van der Waals surface area contributed by atoms with E-state index in [0.717, 1.165) is 22.3 Å². The van der Waals surface area contributed by atoms with E-state index in [1.807, 2.05) is 27.7 Å². The van der Waals surface area contributed by atoms with E-state index in [9.17, 15) is 13.2 Å². The molecule has 8 heteroatoms. The molecule has 0 spiro atoms. The third-order valence-corrected chi connectivity index (χ3v) is 6.75. The molecular formula is C21H27ClN2O4S. The third kappa shape index (κ3) is 4.56. The second-order valence-electron chi connectivity index (χ2n) is 7.35. The Morgan fingerprint density at radius 3 is 2.34 bits per heavy atom. The number of aromatic nitrogens is 2. The maximum Gasteiger partial charge on any atom is 0.313 e. The first-order valence-corrected chi connectivity index (χ1v) is 11.2. The normalized spacial score (nSPS) is 11.6. The van der Waals surface area contributed by atoms with Crippen molar-refractivity contribution in [2.24, 2.45) is 0 Å². The Morgan fingerprint density at radius 2 is 1.83 bits per heavy atom. The fraction of sp³-hybridized carbons (Fsp3) is 0.429. The van der Waals surface area contributed by atoms with E-state index >= 15 is 0 Å².